The van der Waals surface area contributed by atoms with Crippen molar-refractivity contribution in [3.8, 4) is 0 Å². The molecule has 4 nitrogen and oxygen atoms in total. The molecule has 1 aliphatic heterocycles. The van der Waals surface area contributed by atoms with Crippen molar-refractivity contribution in [1.29, 1.82) is 0 Å². The van der Waals surface area contributed by atoms with E-state index in [1.807, 2.05) is 18.0 Å². The van der Waals surface area contributed by atoms with Crippen LogP contribution >= 0.6 is 0 Å². The number of nitrogens with one attached hydrogen (secondary N) is 1. The minimum Gasteiger partial charge on any atom is -0.352 e. The number of amides is 2. The van der Waals surface area contributed by atoms with E-state index in [-0.39, 0.29) is 40.4 Å². The summed E-state index contributed by atoms with van der Waals surface area (Å²) < 4.78 is 13.5. The predicted octanol–water partition coefficient (Wildman–Crippen LogP) is 4.70. The number of fused-ring (bicyclic) bond motifs is 5. The van der Waals surface area contributed by atoms with E-state index in [0.29, 0.717) is 24.3 Å². The molecule has 5 rings (SSSR count). The minimum absolute atomic E-state index is 0.0243. The molecule has 1 heterocycles. The van der Waals surface area contributed by atoms with Gasteiger partial charge in [-0.1, -0.05) is 32.1 Å². The monoisotopic (exact) mass is 438 g/mol. The molecule has 0 radical (unpaired) electrons. The Bertz CT molecular complexity index is 961. The molecule has 0 spiro atoms. The van der Waals surface area contributed by atoms with Crippen molar-refractivity contribution in [3.63, 3.8) is 0 Å². The van der Waals surface area contributed by atoms with Crippen LogP contribution in [-0.4, -0.2) is 29.8 Å². The fourth-order valence-corrected chi connectivity index (χ4v) is 8.13. The predicted molar refractivity (Wildman–Crippen MR) is 122 cm³/mol. The van der Waals surface area contributed by atoms with Crippen molar-refractivity contribution in [2.45, 2.75) is 65.0 Å². The van der Waals surface area contributed by atoms with Gasteiger partial charge in [-0.2, -0.15) is 0 Å². The zero-order valence-corrected chi connectivity index (χ0v) is 19.4. The van der Waals surface area contributed by atoms with Crippen LogP contribution in [0.5, 0.6) is 0 Å². The molecule has 4 aliphatic rings. The maximum atomic E-state index is 13.5. The van der Waals surface area contributed by atoms with Crippen LogP contribution in [0.2, 0.25) is 0 Å². The van der Waals surface area contributed by atoms with Crippen molar-refractivity contribution in [2.24, 2.45) is 34.5 Å². The van der Waals surface area contributed by atoms with Gasteiger partial charge in [-0.15, -0.1) is 0 Å². The van der Waals surface area contributed by atoms with Gasteiger partial charge in [-0.3, -0.25) is 9.59 Å². The quantitative estimate of drug-likeness (QED) is 0.744. The molecule has 3 aliphatic carbocycles. The highest BCUT2D eigenvalue weighted by Crippen LogP contribution is 2.65. The van der Waals surface area contributed by atoms with E-state index in [2.05, 4.69) is 25.2 Å². The number of benzene rings is 1. The zero-order chi connectivity index (χ0) is 22.7. The summed E-state index contributed by atoms with van der Waals surface area (Å²) in [4.78, 5) is 27.5. The molecule has 5 heteroatoms. The number of nitrogens with zero attached hydrogens (tertiary/aromatic N) is 1. The highest BCUT2D eigenvalue weighted by atomic mass is 19.1. The first-order valence-electron chi connectivity index (χ1n) is 12.2. The lowest BCUT2D eigenvalue weighted by molar-refractivity contribution is -0.142. The van der Waals surface area contributed by atoms with E-state index in [4.69, 9.17) is 0 Å². The van der Waals surface area contributed by atoms with E-state index in [0.717, 1.165) is 44.1 Å². The topological polar surface area (TPSA) is 49.4 Å². The Morgan fingerprint density at radius 2 is 1.97 bits per heavy atom. The maximum Gasteiger partial charge on any atom is 0.246 e. The van der Waals surface area contributed by atoms with Crippen LogP contribution in [0.4, 0.5) is 4.39 Å². The zero-order valence-electron chi connectivity index (χ0n) is 19.4. The summed E-state index contributed by atoms with van der Waals surface area (Å²) in [6.45, 7) is 5.08. The number of hydrogen-bond acceptors (Lipinski definition) is 2. The molecule has 1 aromatic carbocycles. The van der Waals surface area contributed by atoms with Gasteiger partial charge in [-0.25, -0.2) is 4.39 Å². The normalized spacial score (nSPS) is 40.4. The summed E-state index contributed by atoms with van der Waals surface area (Å²) in [5.74, 6) is 1.75. The summed E-state index contributed by atoms with van der Waals surface area (Å²) in [6.07, 6.45) is 10.4. The van der Waals surface area contributed by atoms with E-state index in [9.17, 15) is 14.0 Å². The molecule has 1 aromatic rings. The Balaban J connectivity index is 1.32. The Morgan fingerprint density at radius 1 is 1.16 bits per heavy atom. The minimum atomic E-state index is -0.267. The molecular weight excluding hydrogens is 403 g/mol. The third-order valence-corrected chi connectivity index (χ3v) is 9.80. The van der Waals surface area contributed by atoms with Crippen LogP contribution in [0.3, 0.4) is 0 Å². The van der Waals surface area contributed by atoms with Crippen molar-refractivity contribution in [3.05, 3.63) is 47.8 Å². The van der Waals surface area contributed by atoms with Gasteiger partial charge in [0, 0.05) is 31.0 Å². The maximum absolute atomic E-state index is 13.5. The van der Waals surface area contributed by atoms with Crippen molar-refractivity contribution >= 4 is 11.8 Å². The molecule has 0 aromatic heterocycles. The van der Waals surface area contributed by atoms with Crippen LogP contribution in [0.25, 0.3) is 0 Å². The molecule has 0 saturated heterocycles. The lowest BCUT2D eigenvalue weighted by Gasteiger charge is -2.60. The Labute approximate surface area is 190 Å². The van der Waals surface area contributed by atoms with E-state index in [1.54, 1.807) is 12.1 Å². The molecular formula is C27H35FN2O2. The fourth-order valence-electron chi connectivity index (χ4n) is 8.13. The molecule has 7 atom stereocenters. The number of carbonyl (C=O) groups is 2. The summed E-state index contributed by atoms with van der Waals surface area (Å²) >= 11 is 0. The highest BCUT2D eigenvalue weighted by Gasteiger charge is 2.61. The second-order valence-corrected chi connectivity index (χ2v) is 11.1. The number of rotatable bonds is 3. The first kappa shape index (κ1) is 21.7. The Kier molecular flexibility index (Phi) is 5.22. The molecule has 32 heavy (non-hydrogen) atoms. The number of hydrogen-bond donors (Lipinski definition) is 1. The van der Waals surface area contributed by atoms with Crippen LogP contribution < -0.4 is 5.32 Å². The number of likely N-dealkylation sites (N-methyl/N-ethyl adjacent to an activating group) is 1. The molecule has 172 valence electrons. The lowest BCUT2D eigenvalue weighted by Crippen LogP contribution is -2.59. The highest BCUT2D eigenvalue weighted by molar-refractivity contribution is 5.89. The molecule has 1 N–H and O–H groups in total. The van der Waals surface area contributed by atoms with Crippen molar-refractivity contribution in [2.75, 3.05) is 7.05 Å². The average molecular weight is 439 g/mol. The van der Waals surface area contributed by atoms with Gasteiger partial charge in [0.25, 0.3) is 0 Å². The van der Waals surface area contributed by atoms with Crippen LogP contribution in [0.15, 0.2) is 36.4 Å². The van der Waals surface area contributed by atoms with Crippen molar-refractivity contribution in [1.82, 2.24) is 10.2 Å². The average Bonchev–Trinajstić information content (AvgIpc) is 3.12. The number of carbonyl (C=O) groups excluding carboxylic acids is 2. The first-order chi connectivity index (χ1) is 15.2. The largest absolute Gasteiger partial charge is 0.352 e. The van der Waals surface area contributed by atoms with Crippen molar-refractivity contribution < 1.29 is 14.0 Å². The summed E-state index contributed by atoms with van der Waals surface area (Å²) in [5.41, 5.74) is 0.858. The molecule has 3 saturated carbocycles. The third kappa shape index (κ3) is 3.22. The smallest absolute Gasteiger partial charge is 0.246 e. The van der Waals surface area contributed by atoms with Gasteiger partial charge in [0.15, 0.2) is 0 Å². The van der Waals surface area contributed by atoms with E-state index in [1.165, 1.54) is 12.1 Å². The fraction of sp³-hybridized carbons (Fsp3) is 0.630. The van der Waals surface area contributed by atoms with Gasteiger partial charge in [0.2, 0.25) is 11.8 Å². The molecule has 2 unspecified atom stereocenters. The summed E-state index contributed by atoms with van der Waals surface area (Å²) in [5, 5.41) is 3.10. The van der Waals surface area contributed by atoms with E-state index >= 15 is 0 Å². The second-order valence-electron chi connectivity index (χ2n) is 11.1. The molecule has 3 fully saturated rings. The first-order valence-corrected chi connectivity index (χ1v) is 12.2. The van der Waals surface area contributed by atoms with Gasteiger partial charge >= 0.3 is 0 Å². The van der Waals surface area contributed by atoms with Crippen LogP contribution in [0.1, 0.15) is 57.9 Å². The summed E-state index contributed by atoms with van der Waals surface area (Å²) in [6, 6.07) is 6.75. The number of halogens is 1. The van der Waals surface area contributed by atoms with Gasteiger partial charge in [0.05, 0.1) is 0 Å². The van der Waals surface area contributed by atoms with Crippen LogP contribution in [-0.2, 0) is 16.1 Å². The molecule has 0 bridgehead atoms. The lowest BCUT2D eigenvalue weighted by atomic mass is 9.47. The molecule has 2 amide bonds. The van der Waals surface area contributed by atoms with Gasteiger partial charge in [0.1, 0.15) is 5.82 Å². The van der Waals surface area contributed by atoms with Crippen LogP contribution in [0, 0.1) is 40.3 Å². The van der Waals surface area contributed by atoms with Gasteiger partial charge in [-0.05, 0) is 85.5 Å². The van der Waals surface area contributed by atoms with Gasteiger partial charge < -0.3 is 10.2 Å². The Morgan fingerprint density at radius 3 is 2.75 bits per heavy atom. The standard InChI is InChI=1S/C27H35FN2O2/c1-26-13-11-21-19(7-10-23-27(21,2)14-12-24(31)30(23)3)20(26)8-9-22(26)25(32)29-16-17-5-4-6-18(28)15-17/h4-6,12,14-15,19-23H,7-11,13,16H2,1-3H3,(H,29,32)/t19-,20-,21+,22?,23?,26-,27+/m0/s1. The second kappa shape index (κ2) is 7.71. The van der Waals surface area contributed by atoms with E-state index < -0.39 is 0 Å². The summed E-state index contributed by atoms with van der Waals surface area (Å²) in [7, 11) is 1.95. The SMILES string of the molecule is CN1C(=O)C=C[C@@]2(C)C1CC[C@@H]1[C@H]2CC[C@]2(C)C(C(=O)NCc3cccc(F)c3)CC[C@@H]12. The third-order valence-electron chi connectivity index (χ3n) is 9.80. The Hall–Kier alpha value is -2.17.